The molecule has 2 heterocycles. The molecular formula is C16H20N2O5. The fourth-order valence-electron chi connectivity index (χ4n) is 2.72. The van der Waals surface area contributed by atoms with Gasteiger partial charge in [0.1, 0.15) is 0 Å². The Hall–Kier alpha value is -2.28. The van der Waals surface area contributed by atoms with E-state index in [2.05, 4.69) is 0 Å². The van der Waals surface area contributed by atoms with Gasteiger partial charge in [-0.1, -0.05) is 0 Å². The summed E-state index contributed by atoms with van der Waals surface area (Å²) in [5.41, 5.74) is 0.577. The first-order valence-electron chi connectivity index (χ1n) is 7.64. The summed E-state index contributed by atoms with van der Waals surface area (Å²) in [6.07, 6.45) is 0.382. The Kier molecular flexibility index (Phi) is 4.66. The second kappa shape index (κ2) is 6.87. The fraction of sp³-hybridized carbons (Fsp3) is 0.500. The van der Waals surface area contributed by atoms with Crippen molar-refractivity contribution in [3.8, 4) is 11.5 Å². The molecule has 1 fully saturated rings. The Labute approximate surface area is 134 Å². The zero-order chi connectivity index (χ0) is 16.2. The first kappa shape index (κ1) is 15.6. The van der Waals surface area contributed by atoms with Crippen LogP contribution in [-0.2, 0) is 9.53 Å². The number of fused-ring (bicyclic) bond motifs is 1. The molecule has 0 radical (unpaired) electrons. The van der Waals surface area contributed by atoms with E-state index in [1.54, 1.807) is 35.1 Å². The molecule has 0 spiro atoms. The number of hydrogen-bond acceptors (Lipinski definition) is 5. The minimum Gasteiger partial charge on any atom is -0.454 e. The van der Waals surface area contributed by atoms with Crippen LogP contribution in [0.1, 0.15) is 16.8 Å². The zero-order valence-electron chi connectivity index (χ0n) is 13.1. The molecule has 0 aromatic heterocycles. The van der Waals surface area contributed by atoms with Gasteiger partial charge in [0.05, 0.1) is 13.0 Å². The molecule has 23 heavy (non-hydrogen) atoms. The van der Waals surface area contributed by atoms with Crippen LogP contribution in [-0.4, -0.2) is 68.3 Å². The van der Waals surface area contributed by atoms with Crippen LogP contribution in [0.2, 0.25) is 0 Å². The molecule has 0 aliphatic carbocycles. The maximum Gasteiger partial charge on any atom is 0.254 e. The van der Waals surface area contributed by atoms with Gasteiger partial charge in [-0.05, 0) is 18.2 Å². The summed E-state index contributed by atoms with van der Waals surface area (Å²) in [6, 6.07) is 5.20. The number of carbonyl (C=O) groups is 2. The lowest BCUT2D eigenvalue weighted by molar-refractivity contribution is -0.133. The van der Waals surface area contributed by atoms with E-state index in [1.807, 2.05) is 0 Å². The molecule has 1 aromatic rings. The molecule has 7 nitrogen and oxygen atoms in total. The van der Waals surface area contributed by atoms with Gasteiger partial charge in [-0.15, -0.1) is 0 Å². The number of methoxy groups -OCH3 is 1. The lowest BCUT2D eigenvalue weighted by atomic mass is 10.1. The standard InChI is InChI=1S/C16H20N2O5/c1-21-9-4-15(19)17-5-7-18(8-6-17)16(20)12-2-3-13-14(10-12)23-11-22-13/h2-3,10H,4-9,11H2,1H3. The second-order valence-corrected chi connectivity index (χ2v) is 5.48. The molecule has 7 heteroatoms. The third-order valence-corrected chi connectivity index (χ3v) is 4.06. The van der Waals surface area contributed by atoms with Crippen molar-refractivity contribution >= 4 is 11.8 Å². The lowest BCUT2D eigenvalue weighted by Gasteiger charge is -2.34. The molecule has 1 aromatic carbocycles. The Bertz CT molecular complexity index is 596. The van der Waals surface area contributed by atoms with Crippen molar-refractivity contribution in [3.63, 3.8) is 0 Å². The van der Waals surface area contributed by atoms with Crippen LogP contribution in [0, 0.1) is 0 Å². The van der Waals surface area contributed by atoms with E-state index in [9.17, 15) is 9.59 Å². The van der Waals surface area contributed by atoms with E-state index in [1.165, 1.54) is 0 Å². The Morgan fingerprint density at radius 2 is 1.78 bits per heavy atom. The van der Waals surface area contributed by atoms with Crippen LogP contribution in [0.25, 0.3) is 0 Å². The Morgan fingerprint density at radius 3 is 2.52 bits per heavy atom. The first-order chi connectivity index (χ1) is 11.2. The van der Waals surface area contributed by atoms with Gasteiger partial charge in [0, 0.05) is 38.9 Å². The molecule has 124 valence electrons. The third kappa shape index (κ3) is 3.39. The molecule has 2 aliphatic rings. The topological polar surface area (TPSA) is 68.3 Å². The Balaban J connectivity index is 1.57. The van der Waals surface area contributed by atoms with E-state index in [0.29, 0.717) is 56.3 Å². The summed E-state index contributed by atoms with van der Waals surface area (Å²) in [4.78, 5) is 28.0. The van der Waals surface area contributed by atoms with Crippen molar-refractivity contribution in [1.82, 2.24) is 9.80 Å². The highest BCUT2D eigenvalue weighted by atomic mass is 16.7. The molecule has 0 saturated carbocycles. The molecular weight excluding hydrogens is 300 g/mol. The molecule has 2 aliphatic heterocycles. The highest BCUT2D eigenvalue weighted by molar-refractivity contribution is 5.95. The van der Waals surface area contributed by atoms with Gasteiger partial charge in [-0.2, -0.15) is 0 Å². The zero-order valence-corrected chi connectivity index (χ0v) is 13.1. The van der Waals surface area contributed by atoms with Crippen LogP contribution >= 0.6 is 0 Å². The summed E-state index contributed by atoms with van der Waals surface area (Å²) >= 11 is 0. The van der Waals surface area contributed by atoms with E-state index >= 15 is 0 Å². The van der Waals surface area contributed by atoms with Crippen molar-refractivity contribution in [2.75, 3.05) is 46.7 Å². The number of piperazine rings is 1. The Morgan fingerprint density at radius 1 is 1.09 bits per heavy atom. The number of carbonyl (C=O) groups excluding carboxylic acids is 2. The summed E-state index contributed by atoms with van der Waals surface area (Å²) in [5, 5.41) is 0. The van der Waals surface area contributed by atoms with E-state index in [-0.39, 0.29) is 18.6 Å². The molecule has 2 amide bonds. The number of ether oxygens (including phenoxy) is 3. The van der Waals surface area contributed by atoms with Crippen LogP contribution in [0.3, 0.4) is 0 Å². The van der Waals surface area contributed by atoms with Crippen LogP contribution < -0.4 is 9.47 Å². The molecule has 0 bridgehead atoms. The predicted molar refractivity (Wildman–Crippen MR) is 81.5 cm³/mol. The van der Waals surface area contributed by atoms with Crippen LogP contribution in [0.4, 0.5) is 0 Å². The fourth-order valence-corrected chi connectivity index (χ4v) is 2.72. The van der Waals surface area contributed by atoms with Gasteiger partial charge in [-0.3, -0.25) is 9.59 Å². The summed E-state index contributed by atoms with van der Waals surface area (Å²) in [6.45, 7) is 2.79. The van der Waals surface area contributed by atoms with Gasteiger partial charge in [-0.25, -0.2) is 0 Å². The summed E-state index contributed by atoms with van der Waals surface area (Å²) < 4.78 is 15.5. The van der Waals surface area contributed by atoms with Crippen molar-refractivity contribution in [2.24, 2.45) is 0 Å². The summed E-state index contributed by atoms with van der Waals surface area (Å²) in [5.74, 6) is 1.29. The van der Waals surface area contributed by atoms with Gasteiger partial charge in [0.15, 0.2) is 11.5 Å². The monoisotopic (exact) mass is 320 g/mol. The first-order valence-corrected chi connectivity index (χ1v) is 7.64. The van der Waals surface area contributed by atoms with Gasteiger partial charge in [0.25, 0.3) is 5.91 Å². The van der Waals surface area contributed by atoms with Crippen LogP contribution in [0.5, 0.6) is 11.5 Å². The van der Waals surface area contributed by atoms with Gasteiger partial charge < -0.3 is 24.0 Å². The highest BCUT2D eigenvalue weighted by Crippen LogP contribution is 2.32. The van der Waals surface area contributed by atoms with Crippen LogP contribution in [0.15, 0.2) is 18.2 Å². The van der Waals surface area contributed by atoms with Gasteiger partial charge >= 0.3 is 0 Å². The second-order valence-electron chi connectivity index (χ2n) is 5.48. The molecule has 3 rings (SSSR count). The number of nitrogens with zero attached hydrogens (tertiary/aromatic N) is 2. The minimum absolute atomic E-state index is 0.0488. The molecule has 0 N–H and O–H groups in total. The van der Waals surface area contributed by atoms with E-state index < -0.39 is 0 Å². The number of rotatable bonds is 4. The van der Waals surface area contributed by atoms with Crippen molar-refractivity contribution in [3.05, 3.63) is 23.8 Å². The maximum absolute atomic E-state index is 12.6. The van der Waals surface area contributed by atoms with E-state index in [0.717, 1.165) is 0 Å². The number of hydrogen-bond donors (Lipinski definition) is 0. The average Bonchev–Trinajstić information content (AvgIpc) is 3.06. The molecule has 0 atom stereocenters. The van der Waals surface area contributed by atoms with Crippen molar-refractivity contribution < 1.29 is 23.8 Å². The average molecular weight is 320 g/mol. The quantitative estimate of drug-likeness (QED) is 0.818. The number of benzene rings is 1. The number of amides is 2. The third-order valence-electron chi connectivity index (χ3n) is 4.06. The van der Waals surface area contributed by atoms with E-state index in [4.69, 9.17) is 14.2 Å². The normalized spacial score (nSPS) is 16.6. The van der Waals surface area contributed by atoms with Crippen molar-refractivity contribution in [2.45, 2.75) is 6.42 Å². The maximum atomic E-state index is 12.6. The highest BCUT2D eigenvalue weighted by Gasteiger charge is 2.25. The lowest BCUT2D eigenvalue weighted by Crippen LogP contribution is -2.50. The largest absolute Gasteiger partial charge is 0.454 e. The smallest absolute Gasteiger partial charge is 0.254 e. The molecule has 1 saturated heterocycles. The predicted octanol–water partition coefficient (Wildman–Crippen LogP) is 0.736. The molecule has 0 unspecified atom stereocenters. The van der Waals surface area contributed by atoms with Crippen molar-refractivity contribution in [1.29, 1.82) is 0 Å². The minimum atomic E-state index is -0.0488. The SMILES string of the molecule is COCCC(=O)N1CCN(C(=O)c2ccc3c(c2)OCO3)CC1. The summed E-state index contributed by atoms with van der Waals surface area (Å²) in [7, 11) is 1.58. The van der Waals surface area contributed by atoms with Gasteiger partial charge in [0.2, 0.25) is 12.7 Å².